The number of carbonyl (C=O) groups is 2. The molecular formula is C25H36O7. The molecule has 0 spiro atoms. The lowest BCUT2D eigenvalue weighted by molar-refractivity contribution is -0.306. The minimum absolute atomic E-state index is 0.0732. The number of hydrogen-bond acceptors (Lipinski definition) is 7. The summed E-state index contributed by atoms with van der Waals surface area (Å²) in [6.07, 6.45) is 8.35. The van der Waals surface area contributed by atoms with E-state index in [1.165, 1.54) is 6.08 Å². The molecule has 178 valence electrons. The van der Waals surface area contributed by atoms with Crippen molar-refractivity contribution in [2.75, 3.05) is 0 Å². The van der Waals surface area contributed by atoms with Gasteiger partial charge >= 0.3 is 11.9 Å². The Morgan fingerprint density at radius 3 is 2.59 bits per heavy atom. The van der Waals surface area contributed by atoms with Crippen molar-refractivity contribution in [2.45, 2.75) is 96.6 Å². The second-order valence-electron chi connectivity index (χ2n) is 11.4. The molecule has 8 atom stereocenters. The van der Waals surface area contributed by atoms with Crippen molar-refractivity contribution in [3.05, 3.63) is 23.8 Å². The van der Waals surface area contributed by atoms with Crippen LogP contribution in [0.4, 0.5) is 0 Å². The van der Waals surface area contributed by atoms with Crippen LogP contribution in [-0.4, -0.2) is 45.7 Å². The van der Waals surface area contributed by atoms with E-state index in [4.69, 9.17) is 14.4 Å². The van der Waals surface area contributed by atoms with Gasteiger partial charge in [0.1, 0.15) is 17.8 Å². The summed E-state index contributed by atoms with van der Waals surface area (Å²) in [5.74, 6) is -0.516. The molecule has 7 nitrogen and oxygen atoms in total. The summed E-state index contributed by atoms with van der Waals surface area (Å²) in [6, 6.07) is 0. The molecule has 2 N–H and O–H groups in total. The molecule has 0 amide bonds. The van der Waals surface area contributed by atoms with Gasteiger partial charge in [-0.05, 0) is 82.4 Å². The number of rotatable bonds is 6. The van der Waals surface area contributed by atoms with E-state index in [0.717, 1.165) is 24.8 Å². The van der Waals surface area contributed by atoms with Gasteiger partial charge in [0.2, 0.25) is 0 Å². The number of carbonyl (C=O) groups excluding carboxylic acids is 2. The summed E-state index contributed by atoms with van der Waals surface area (Å²) < 4.78 is 11.0. The molecule has 2 unspecified atom stereocenters. The fraction of sp³-hybridized carbons (Fsp3) is 0.760. The van der Waals surface area contributed by atoms with E-state index in [9.17, 15) is 20.0 Å². The minimum Gasteiger partial charge on any atom is -0.461 e. The summed E-state index contributed by atoms with van der Waals surface area (Å²) in [4.78, 5) is 29.1. The van der Waals surface area contributed by atoms with Crippen LogP contribution in [0.5, 0.6) is 0 Å². The molecule has 0 aromatic carbocycles. The Morgan fingerprint density at radius 2 is 1.97 bits per heavy atom. The van der Waals surface area contributed by atoms with Gasteiger partial charge in [-0.25, -0.2) is 9.68 Å². The predicted octanol–water partition coefficient (Wildman–Crippen LogP) is 3.95. The van der Waals surface area contributed by atoms with Crippen molar-refractivity contribution in [2.24, 2.45) is 22.7 Å². The van der Waals surface area contributed by atoms with Gasteiger partial charge in [0, 0.05) is 18.4 Å². The first kappa shape index (κ1) is 23.5. The Kier molecular flexibility index (Phi) is 5.63. The molecule has 0 bridgehead atoms. The van der Waals surface area contributed by atoms with Crippen molar-refractivity contribution in [1.82, 2.24) is 0 Å². The van der Waals surface area contributed by atoms with Gasteiger partial charge in [0.15, 0.2) is 0 Å². The van der Waals surface area contributed by atoms with Crippen molar-refractivity contribution < 1.29 is 34.3 Å². The highest BCUT2D eigenvalue weighted by molar-refractivity contribution is 5.86. The van der Waals surface area contributed by atoms with Gasteiger partial charge in [0.25, 0.3) is 0 Å². The molecule has 2 aliphatic carbocycles. The maximum absolute atomic E-state index is 12.8. The Morgan fingerprint density at radius 1 is 1.25 bits per heavy atom. The van der Waals surface area contributed by atoms with Gasteiger partial charge in [0.05, 0.1) is 11.0 Å². The van der Waals surface area contributed by atoms with Crippen LogP contribution >= 0.6 is 0 Å². The first-order chi connectivity index (χ1) is 14.8. The molecule has 1 saturated heterocycles. The number of aliphatic hydroxyl groups is 1. The highest BCUT2D eigenvalue weighted by atomic mass is 17.1. The molecule has 4 aliphatic rings. The standard InChI is InChI=1S/C25H36O7/c1-15-13-19(26)30-16(15)7-11-22(2,32-29)12-8-18-23(3)9-6-10-24(4)20(23)17(31-21(24)27)14-25(18,5)28/h7,11,13,16-18,20,28-29H,6,8-10,12,14H2,1-5H3/b11-7+/t16?,17-,18+,20+,22?,23+,24+,25+/m0/s1. The van der Waals surface area contributed by atoms with Crippen LogP contribution in [0.15, 0.2) is 23.8 Å². The molecule has 7 heteroatoms. The maximum atomic E-state index is 12.8. The van der Waals surface area contributed by atoms with Gasteiger partial charge in [-0.1, -0.05) is 13.3 Å². The Bertz CT molecular complexity index is 860. The zero-order valence-corrected chi connectivity index (χ0v) is 19.7. The molecule has 0 radical (unpaired) electrons. The number of cyclic esters (lactones) is 1. The lowest BCUT2D eigenvalue weighted by atomic mass is 9.44. The Labute approximate surface area is 189 Å². The average molecular weight is 449 g/mol. The van der Waals surface area contributed by atoms with Gasteiger partial charge in [-0.3, -0.25) is 10.1 Å². The van der Waals surface area contributed by atoms with Crippen LogP contribution in [-0.2, 0) is 24.0 Å². The van der Waals surface area contributed by atoms with Crippen molar-refractivity contribution >= 4 is 11.9 Å². The van der Waals surface area contributed by atoms with E-state index in [1.54, 1.807) is 19.1 Å². The largest absolute Gasteiger partial charge is 0.461 e. The second kappa shape index (κ2) is 7.67. The normalized spacial score (nSPS) is 45.3. The van der Waals surface area contributed by atoms with Crippen LogP contribution < -0.4 is 0 Å². The van der Waals surface area contributed by atoms with E-state index < -0.39 is 22.7 Å². The van der Waals surface area contributed by atoms with Crippen molar-refractivity contribution in [3.63, 3.8) is 0 Å². The Balaban J connectivity index is 1.55. The first-order valence-corrected chi connectivity index (χ1v) is 11.7. The summed E-state index contributed by atoms with van der Waals surface area (Å²) in [6.45, 7) is 9.66. The summed E-state index contributed by atoms with van der Waals surface area (Å²) in [5, 5.41) is 21.2. The van der Waals surface area contributed by atoms with Crippen LogP contribution in [0.3, 0.4) is 0 Å². The highest BCUT2D eigenvalue weighted by Crippen LogP contribution is 2.66. The van der Waals surface area contributed by atoms with Crippen LogP contribution in [0.25, 0.3) is 0 Å². The monoisotopic (exact) mass is 448 g/mol. The third kappa shape index (κ3) is 3.62. The molecule has 32 heavy (non-hydrogen) atoms. The molecule has 4 rings (SSSR count). The lowest BCUT2D eigenvalue weighted by Gasteiger charge is -2.59. The topological polar surface area (TPSA) is 102 Å². The lowest BCUT2D eigenvalue weighted by Crippen LogP contribution is -2.61. The van der Waals surface area contributed by atoms with Crippen molar-refractivity contribution in [3.8, 4) is 0 Å². The molecule has 3 fully saturated rings. The fourth-order valence-electron chi connectivity index (χ4n) is 7.32. The Hall–Kier alpha value is -1.70. The molecule has 0 aromatic rings. The van der Waals surface area contributed by atoms with Gasteiger partial charge < -0.3 is 14.6 Å². The van der Waals surface area contributed by atoms with E-state index in [-0.39, 0.29) is 35.3 Å². The smallest absolute Gasteiger partial charge is 0.331 e. The molecular weight excluding hydrogens is 412 g/mol. The molecule has 2 aliphatic heterocycles. The average Bonchev–Trinajstić information content (AvgIpc) is 3.14. The van der Waals surface area contributed by atoms with E-state index in [2.05, 4.69) is 6.92 Å². The first-order valence-electron chi connectivity index (χ1n) is 11.7. The van der Waals surface area contributed by atoms with Crippen LogP contribution in [0.2, 0.25) is 0 Å². The van der Waals surface area contributed by atoms with Crippen molar-refractivity contribution in [1.29, 1.82) is 0 Å². The maximum Gasteiger partial charge on any atom is 0.331 e. The highest BCUT2D eigenvalue weighted by Gasteiger charge is 2.69. The number of hydrogen-bond donors (Lipinski definition) is 2. The number of ether oxygens (including phenoxy) is 2. The fourth-order valence-corrected chi connectivity index (χ4v) is 7.32. The summed E-state index contributed by atoms with van der Waals surface area (Å²) in [5.41, 5.74) is -1.96. The summed E-state index contributed by atoms with van der Waals surface area (Å²) in [7, 11) is 0. The predicted molar refractivity (Wildman–Crippen MR) is 116 cm³/mol. The van der Waals surface area contributed by atoms with E-state index in [1.807, 2.05) is 20.8 Å². The van der Waals surface area contributed by atoms with Crippen LogP contribution in [0, 0.1) is 22.7 Å². The zero-order chi connectivity index (χ0) is 23.5. The van der Waals surface area contributed by atoms with E-state index in [0.29, 0.717) is 19.3 Å². The minimum atomic E-state index is -1.00. The van der Waals surface area contributed by atoms with Crippen LogP contribution in [0.1, 0.15) is 73.1 Å². The third-order valence-electron chi connectivity index (χ3n) is 8.87. The molecule has 2 saturated carbocycles. The summed E-state index contributed by atoms with van der Waals surface area (Å²) >= 11 is 0. The number of esters is 2. The third-order valence-corrected chi connectivity index (χ3v) is 8.87. The SMILES string of the molecule is CC1=CC(=O)OC1/C=C/C(C)(CC[C@@H]1[C@@]2(C)CCC[C@@]3(C)C(=O)O[C@@H](C[C@@]1(C)O)[C@H]23)OO. The quantitative estimate of drug-likeness (QED) is 0.274. The molecule has 0 aromatic heterocycles. The van der Waals surface area contributed by atoms with Gasteiger partial charge in [-0.2, -0.15) is 0 Å². The molecule has 2 heterocycles. The van der Waals surface area contributed by atoms with E-state index >= 15 is 0 Å². The zero-order valence-electron chi connectivity index (χ0n) is 19.7. The second-order valence-corrected chi connectivity index (χ2v) is 11.4. The van der Waals surface area contributed by atoms with Gasteiger partial charge in [-0.15, -0.1) is 0 Å².